The fourth-order valence-corrected chi connectivity index (χ4v) is 1.95. The van der Waals surface area contributed by atoms with Gasteiger partial charge in [-0.2, -0.15) is 0 Å². The molecule has 1 N–H and O–H groups in total. The molecule has 0 saturated carbocycles. The molecule has 2 rings (SSSR count). The number of hydrogen-bond acceptors (Lipinski definition) is 1. The van der Waals surface area contributed by atoms with Gasteiger partial charge in [0.05, 0.1) is 0 Å². The Kier molecular flexibility index (Phi) is 2.65. The molecule has 1 atom stereocenters. The Morgan fingerprint density at radius 3 is 2.69 bits per heavy atom. The van der Waals surface area contributed by atoms with Gasteiger partial charge in [0, 0.05) is 0 Å². The van der Waals surface area contributed by atoms with Gasteiger partial charge >= 0.3 is 0 Å². The first-order chi connectivity index (χ1) is 6.34. The molecule has 1 unspecified atom stereocenters. The first kappa shape index (κ1) is 8.76. The summed E-state index contributed by atoms with van der Waals surface area (Å²) in [6.45, 7) is 4.55. The van der Waals surface area contributed by atoms with Crippen molar-refractivity contribution >= 4 is 0 Å². The number of rotatable bonds is 2. The van der Waals surface area contributed by atoms with Gasteiger partial charge in [-0.15, -0.1) is 0 Å². The highest BCUT2D eigenvalue weighted by Crippen LogP contribution is 2.15. The van der Waals surface area contributed by atoms with E-state index in [9.17, 15) is 0 Å². The van der Waals surface area contributed by atoms with Crippen molar-refractivity contribution in [2.24, 2.45) is 5.92 Å². The smallest absolute Gasteiger partial charge is 0.00169 e. The van der Waals surface area contributed by atoms with Gasteiger partial charge in [0.1, 0.15) is 0 Å². The average molecular weight is 175 g/mol. The van der Waals surface area contributed by atoms with Gasteiger partial charge in [0.15, 0.2) is 0 Å². The number of hydrogen-bond donors (Lipinski definition) is 1. The van der Waals surface area contributed by atoms with Crippen LogP contribution in [0, 0.1) is 12.8 Å². The van der Waals surface area contributed by atoms with E-state index in [2.05, 4.69) is 36.5 Å². The lowest BCUT2D eigenvalue weighted by molar-refractivity contribution is 0.580. The second-order valence-electron chi connectivity index (χ2n) is 4.05. The molecule has 0 spiro atoms. The van der Waals surface area contributed by atoms with Crippen LogP contribution in [-0.2, 0) is 6.42 Å². The highest BCUT2D eigenvalue weighted by atomic mass is 14.9. The van der Waals surface area contributed by atoms with Crippen LogP contribution < -0.4 is 5.32 Å². The van der Waals surface area contributed by atoms with Crippen molar-refractivity contribution in [3.8, 4) is 0 Å². The molecule has 1 fully saturated rings. The lowest BCUT2D eigenvalue weighted by Crippen LogP contribution is -2.10. The van der Waals surface area contributed by atoms with E-state index in [1.54, 1.807) is 0 Å². The molecule has 1 nitrogen and oxygen atoms in total. The Morgan fingerprint density at radius 2 is 2.08 bits per heavy atom. The summed E-state index contributed by atoms with van der Waals surface area (Å²) in [6.07, 6.45) is 2.58. The molecular weight excluding hydrogens is 158 g/mol. The number of aryl methyl sites for hydroxylation is 1. The third-order valence-electron chi connectivity index (χ3n) is 2.81. The van der Waals surface area contributed by atoms with Crippen molar-refractivity contribution in [1.29, 1.82) is 0 Å². The van der Waals surface area contributed by atoms with E-state index in [1.165, 1.54) is 37.1 Å². The van der Waals surface area contributed by atoms with Crippen molar-refractivity contribution in [1.82, 2.24) is 5.32 Å². The largest absolute Gasteiger partial charge is 0.316 e. The summed E-state index contributed by atoms with van der Waals surface area (Å²) in [5.41, 5.74) is 2.84. The van der Waals surface area contributed by atoms with E-state index in [4.69, 9.17) is 0 Å². The zero-order valence-corrected chi connectivity index (χ0v) is 8.22. The van der Waals surface area contributed by atoms with Gasteiger partial charge in [-0.3, -0.25) is 0 Å². The van der Waals surface area contributed by atoms with Gasteiger partial charge in [-0.25, -0.2) is 0 Å². The summed E-state index contributed by atoms with van der Waals surface area (Å²) >= 11 is 0. The molecule has 1 aliphatic heterocycles. The predicted molar refractivity (Wildman–Crippen MR) is 55.9 cm³/mol. The Labute approximate surface area is 80.2 Å². The summed E-state index contributed by atoms with van der Waals surface area (Å²) in [5, 5.41) is 3.40. The second-order valence-corrected chi connectivity index (χ2v) is 4.05. The molecule has 1 saturated heterocycles. The molecule has 1 aliphatic rings. The summed E-state index contributed by atoms with van der Waals surface area (Å²) in [7, 11) is 0. The highest BCUT2D eigenvalue weighted by molar-refractivity contribution is 5.21. The molecule has 1 aromatic rings. The topological polar surface area (TPSA) is 12.0 Å². The van der Waals surface area contributed by atoms with Crippen LogP contribution in [0.4, 0.5) is 0 Å². The number of nitrogens with one attached hydrogen (secondary N) is 1. The van der Waals surface area contributed by atoms with E-state index in [1.807, 2.05) is 0 Å². The van der Waals surface area contributed by atoms with E-state index in [0.29, 0.717) is 0 Å². The molecule has 0 amide bonds. The monoisotopic (exact) mass is 175 g/mol. The third kappa shape index (κ3) is 2.31. The van der Waals surface area contributed by atoms with E-state index < -0.39 is 0 Å². The van der Waals surface area contributed by atoms with E-state index >= 15 is 0 Å². The van der Waals surface area contributed by atoms with Gasteiger partial charge < -0.3 is 5.32 Å². The normalized spacial score (nSPS) is 22.1. The maximum Gasteiger partial charge on any atom is -0.00169 e. The molecule has 70 valence electrons. The van der Waals surface area contributed by atoms with Crippen molar-refractivity contribution < 1.29 is 0 Å². The Balaban J connectivity index is 1.97. The zero-order chi connectivity index (χ0) is 9.10. The molecule has 0 aliphatic carbocycles. The molecule has 1 heteroatoms. The van der Waals surface area contributed by atoms with Crippen LogP contribution in [0.5, 0.6) is 0 Å². The molecular formula is C12H17N. The first-order valence-corrected chi connectivity index (χ1v) is 5.11. The first-order valence-electron chi connectivity index (χ1n) is 5.11. The Hall–Kier alpha value is -0.820. The predicted octanol–water partition coefficient (Wildman–Crippen LogP) is 2.15. The van der Waals surface area contributed by atoms with Gasteiger partial charge in [-0.05, 0) is 44.3 Å². The summed E-state index contributed by atoms with van der Waals surface area (Å²) < 4.78 is 0. The SMILES string of the molecule is Cc1ccc(CC2CCNC2)cc1. The minimum atomic E-state index is 0.864. The highest BCUT2D eigenvalue weighted by Gasteiger charge is 2.14. The fraction of sp³-hybridized carbons (Fsp3) is 0.500. The van der Waals surface area contributed by atoms with Crippen LogP contribution in [0.3, 0.4) is 0 Å². The van der Waals surface area contributed by atoms with Crippen molar-refractivity contribution in [2.45, 2.75) is 19.8 Å². The third-order valence-corrected chi connectivity index (χ3v) is 2.81. The molecule has 1 heterocycles. The molecule has 0 aromatic heterocycles. The second kappa shape index (κ2) is 3.93. The van der Waals surface area contributed by atoms with E-state index in [0.717, 1.165) is 5.92 Å². The molecule has 0 bridgehead atoms. The summed E-state index contributed by atoms with van der Waals surface area (Å²) in [6, 6.07) is 8.93. The van der Waals surface area contributed by atoms with Crippen molar-refractivity contribution in [3.63, 3.8) is 0 Å². The van der Waals surface area contributed by atoms with Crippen LogP contribution in [0.2, 0.25) is 0 Å². The van der Waals surface area contributed by atoms with Crippen LogP contribution in [-0.4, -0.2) is 13.1 Å². The van der Waals surface area contributed by atoms with Gasteiger partial charge in [-0.1, -0.05) is 29.8 Å². The Morgan fingerprint density at radius 1 is 1.31 bits per heavy atom. The van der Waals surface area contributed by atoms with Gasteiger partial charge in [0.2, 0.25) is 0 Å². The molecule has 0 radical (unpaired) electrons. The van der Waals surface area contributed by atoms with E-state index in [-0.39, 0.29) is 0 Å². The minimum Gasteiger partial charge on any atom is -0.316 e. The van der Waals surface area contributed by atoms with Gasteiger partial charge in [0.25, 0.3) is 0 Å². The molecule has 1 aromatic carbocycles. The summed E-state index contributed by atoms with van der Waals surface area (Å²) in [4.78, 5) is 0. The van der Waals surface area contributed by atoms with Crippen LogP contribution in [0.25, 0.3) is 0 Å². The van der Waals surface area contributed by atoms with Crippen LogP contribution in [0.1, 0.15) is 17.5 Å². The maximum absolute atomic E-state index is 3.40. The summed E-state index contributed by atoms with van der Waals surface area (Å²) in [5.74, 6) is 0.864. The lowest BCUT2D eigenvalue weighted by atomic mass is 9.98. The molecule has 13 heavy (non-hydrogen) atoms. The maximum atomic E-state index is 3.40. The van der Waals surface area contributed by atoms with Crippen LogP contribution in [0.15, 0.2) is 24.3 Å². The minimum absolute atomic E-state index is 0.864. The fourth-order valence-electron chi connectivity index (χ4n) is 1.95. The number of benzene rings is 1. The van der Waals surface area contributed by atoms with Crippen molar-refractivity contribution in [3.05, 3.63) is 35.4 Å². The lowest BCUT2D eigenvalue weighted by Gasteiger charge is -2.07. The van der Waals surface area contributed by atoms with Crippen molar-refractivity contribution in [2.75, 3.05) is 13.1 Å². The van der Waals surface area contributed by atoms with Crippen LogP contribution >= 0.6 is 0 Å². The Bertz CT molecular complexity index is 257. The average Bonchev–Trinajstić information content (AvgIpc) is 2.62. The zero-order valence-electron chi connectivity index (χ0n) is 8.22. The standard InChI is InChI=1S/C12H17N/c1-10-2-4-11(5-3-10)8-12-6-7-13-9-12/h2-5,12-13H,6-9H2,1H3. The quantitative estimate of drug-likeness (QED) is 0.726.